The summed E-state index contributed by atoms with van der Waals surface area (Å²) in [6.45, 7) is 5.74. The van der Waals surface area contributed by atoms with E-state index in [2.05, 4.69) is 0 Å². The second-order valence-electron chi connectivity index (χ2n) is 4.45. The average molecular weight is 279 g/mol. The Morgan fingerprint density at radius 3 is 2.15 bits per heavy atom. The van der Waals surface area contributed by atoms with E-state index in [1.54, 1.807) is 26.0 Å². The number of ether oxygens (including phenoxy) is 2. The van der Waals surface area contributed by atoms with Crippen molar-refractivity contribution in [1.82, 2.24) is 0 Å². The van der Waals surface area contributed by atoms with Crippen molar-refractivity contribution in [3.05, 3.63) is 29.3 Å². The van der Waals surface area contributed by atoms with E-state index < -0.39 is 17.9 Å². The topological polar surface area (TPSA) is 78.6 Å². The van der Waals surface area contributed by atoms with E-state index in [9.17, 15) is 9.59 Å². The third-order valence-electron chi connectivity index (χ3n) is 2.92. The molecule has 0 saturated heterocycles. The van der Waals surface area contributed by atoms with Gasteiger partial charge in [-0.2, -0.15) is 0 Å². The van der Waals surface area contributed by atoms with Gasteiger partial charge in [0, 0.05) is 5.69 Å². The number of carbonyl (C=O) groups excluding carboxylic acids is 2. The van der Waals surface area contributed by atoms with Gasteiger partial charge in [0.25, 0.3) is 0 Å². The zero-order chi connectivity index (χ0) is 15.1. The highest BCUT2D eigenvalue weighted by Gasteiger charge is 2.29. The molecule has 0 heterocycles. The number of esters is 2. The normalized spacial score (nSPS) is 10.4. The molecule has 0 bridgehead atoms. The predicted molar refractivity (Wildman–Crippen MR) is 76.1 cm³/mol. The largest absolute Gasteiger partial charge is 0.465 e. The lowest BCUT2D eigenvalue weighted by Gasteiger charge is -2.15. The van der Waals surface area contributed by atoms with Gasteiger partial charge >= 0.3 is 11.9 Å². The molecule has 1 rings (SSSR count). The van der Waals surface area contributed by atoms with Crippen LogP contribution in [0.4, 0.5) is 5.69 Å². The van der Waals surface area contributed by atoms with Crippen molar-refractivity contribution in [3.8, 4) is 0 Å². The molecule has 5 nitrogen and oxygen atoms in total. The fourth-order valence-corrected chi connectivity index (χ4v) is 1.85. The summed E-state index contributed by atoms with van der Waals surface area (Å²) in [7, 11) is 0. The number of nitrogen functional groups attached to an aromatic ring is 1. The zero-order valence-electron chi connectivity index (χ0n) is 12.1. The number of hydrogen-bond donors (Lipinski definition) is 1. The van der Waals surface area contributed by atoms with Crippen molar-refractivity contribution in [3.63, 3.8) is 0 Å². The van der Waals surface area contributed by atoms with Gasteiger partial charge in [-0.05, 0) is 44.4 Å². The van der Waals surface area contributed by atoms with E-state index in [0.29, 0.717) is 5.69 Å². The first kappa shape index (κ1) is 16.0. The zero-order valence-corrected chi connectivity index (χ0v) is 12.1. The number of hydrogen-bond acceptors (Lipinski definition) is 5. The molecule has 0 amide bonds. The van der Waals surface area contributed by atoms with Crippen molar-refractivity contribution in [2.24, 2.45) is 5.92 Å². The van der Waals surface area contributed by atoms with E-state index >= 15 is 0 Å². The average Bonchev–Trinajstić information content (AvgIpc) is 2.40. The molecular formula is C15H21NO4. The summed E-state index contributed by atoms with van der Waals surface area (Å²) in [6.07, 6.45) is 0.249. The lowest BCUT2D eigenvalue weighted by atomic mass is 9.97. The standard InChI is InChI=1S/C15H21NO4/c1-4-19-14(17)12(15(18)20-5-2)9-11-6-7-13(16)10(3)8-11/h6-8,12H,4-5,9,16H2,1-3H3. The van der Waals surface area contributed by atoms with Gasteiger partial charge in [0.15, 0.2) is 5.92 Å². The maximum atomic E-state index is 11.9. The summed E-state index contributed by atoms with van der Waals surface area (Å²) in [4.78, 5) is 23.7. The summed E-state index contributed by atoms with van der Waals surface area (Å²) in [5.41, 5.74) is 8.19. The van der Waals surface area contributed by atoms with Crippen molar-refractivity contribution in [2.45, 2.75) is 27.2 Å². The Hall–Kier alpha value is -2.04. The number of aryl methyl sites for hydroxylation is 1. The molecule has 0 aromatic heterocycles. The molecule has 1 aromatic rings. The van der Waals surface area contributed by atoms with Gasteiger partial charge in [-0.3, -0.25) is 9.59 Å². The molecule has 0 spiro atoms. The molecule has 0 atom stereocenters. The van der Waals surface area contributed by atoms with Gasteiger partial charge in [-0.15, -0.1) is 0 Å². The summed E-state index contributed by atoms with van der Waals surface area (Å²) < 4.78 is 9.87. The summed E-state index contributed by atoms with van der Waals surface area (Å²) in [5, 5.41) is 0. The SMILES string of the molecule is CCOC(=O)C(Cc1ccc(N)c(C)c1)C(=O)OCC. The maximum absolute atomic E-state index is 11.9. The third kappa shape index (κ3) is 4.26. The highest BCUT2D eigenvalue weighted by Crippen LogP contribution is 2.17. The molecule has 0 aliphatic rings. The maximum Gasteiger partial charge on any atom is 0.320 e. The first-order valence-electron chi connectivity index (χ1n) is 6.67. The highest BCUT2D eigenvalue weighted by molar-refractivity contribution is 5.95. The summed E-state index contributed by atoms with van der Waals surface area (Å²) in [5.74, 6) is -2.04. The van der Waals surface area contributed by atoms with Crippen LogP contribution in [-0.4, -0.2) is 25.2 Å². The number of carbonyl (C=O) groups is 2. The van der Waals surface area contributed by atoms with Crippen LogP contribution in [0.15, 0.2) is 18.2 Å². The molecule has 0 aliphatic carbocycles. The Balaban J connectivity index is 2.90. The van der Waals surface area contributed by atoms with Crippen molar-refractivity contribution >= 4 is 17.6 Å². The van der Waals surface area contributed by atoms with Crippen LogP contribution >= 0.6 is 0 Å². The molecule has 1 aromatic carbocycles. The first-order valence-corrected chi connectivity index (χ1v) is 6.67. The molecule has 2 N–H and O–H groups in total. The van der Waals surface area contributed by atoms with E-state index in [-0.39, 0.29) is 19.6 Å². The molecule has 0 radical (unpaired) electrons. The van der Waals surface area contributed by atoms with Crippen molar-refractivity contribution < 1.29 is 19.1 Å². The van der Waals surface area contributed by atoms with Gasteiger partial charge in [0.1, 0.15) is 0 Å². The second kappa shape index (κ2) is 7.53. The number of rotatable bonds is 6. The summed E-state index contributed by atoms with van der Waals surface area (Å²) in [6, 6.07) is 5.42. The van der Waals surface area contributed by atoms with Crippen LogP contribution in [0.3, 0.4) is 0 Å². The lowest BCUT2D eigenvalue weighted by Crippen LogP contribution is -2.30. The molecular weight excluding hydrogens is 258 g/mol. The minimum Gasteiger partial charge on any atom is -0.465 e. The molecule has 0 fully saturated rings. The number of benzene rings is 1. The van der Waals surface area contributed by atoms with Crippen LogP contribution in [-0.2, 0) is 25.5 Å². The minimum atomic E-state index is -0.932. The van der Waals surface area contributed by atoms with Crippen LogP contribution in [0.1, 0.15) is 25.0 Å². The van der Waals surface area contributed by atoms with Gasteiger partial charge in [-0.1, -0.05) is 12.1 Å². The molecule has 0 saturated carbocycles. The number of anilines is 1. The molecule has 20 heavy (non-hydrogen) atoms. The lowest BCUT2D eigenvalue weighted by molar-refractivity contribution is -0.161. The van der Waals surface area contributed by atoms with E-state index in [4.69, 9.17) is 15.2 Å². The van der Waals surface area contributed by atoms with Crippen LogP contribution in [0.25, 0.3) is 0 Å². The Bertz CT molecular complexity index is 467. The minimum absolute atomic E-state index is 0.232. The van der Waals surface area contributed by atoms with Gasteiger partial charge in [0.2, 0.25) is 0 Å². The van der Waals surface area contributed by atoms with Crippen LogP contribution in [0, 0.1) is 12.8 Å². The fourth-order valence-electron chi connectivity index (χ4n) is 1.85. The Morgan fingerprint density at radius 2 is 1.70 bits per heavy atom. The quantitative estimate of drug-likeness (QED) is 0.488. The van der Waals surface area contributed by atoms with Gasteiger partial charge < -0.3 is 15.2 Å². The van der Waals surface area contributed by atoms with Crippen LogP contribution in [0.2, 0.25) is 0 Å². The van der Waals surface area contributed by atoms with Crippen LogP contribution in [0.5, 0.6) is 0 Å². The smallest absolute Gasteiger partial charge is 0.320 e. The monoisotopic (exact) mass is 279 g/mol. The van der Waals surface area contributed by atoms with Gasteiger partial charge in [0.05, 0.1) is 13.2 Å². The Labute approximate surface area is 119 Å². The molecule has 0 aliphatic heterocycles. The van der Waals surface area contributed by atoms with Crippen molar-refractivity contribution in [1.29, 1.82) is 0 Å². The van der Waals surface area contributed by atoms with E-state index in [0.717, 1.165) is 11.1 Å². The van der Waals surface area contributed by atoms with Gasteiger partial charge in [-0.25, -0.2) is 0 Å². The summed E-state index contributed by atoms with van der Waals surface area (Å²) >= 11 is 0. The van der Waals surface area contributed by atoms with Crippen LogP contribution < -0.4 is 5.73 Å². The molecule has 0 unspecified atom stereocenters. The highest BCUT2D eigenvalue weighted by atomic mass is 16.6. The molecule has 5 heteroatoms. The van der Waals surface area contributed by atoms with Crippen molar-refractivity contribution in [2.75, 3.05) is 18.9 Å². The Kier molecular flexibility index (Phi) is 6.03. The predicted octanol–water partition coefficient (Wildman–Crippen LogP) is 1.86. The molecule has 110 valence electrons. The fraction of sp³-hybridized carbons (Fsp3) is 0.467. The van der Waals surface area contributed by atoms with E-state index in [1.807, 2.05) is 13.0 Å². The third-order valence-corrected chi connectivity index (χ3v) is 2.92. The second-order valence-corrected chi connectivity index (χ2v) is 4.45. The first-order chi connectivity index (χ1) is 9.49. The van der Waals surface area contributed by atoms with E-state index in [1.165, 1.54) is 0 Å². The number of nitrogens with two attached hydrogens (primary N) is 1. The Morgan fingerprint density at radius 1 is 1.15 bits per heavy atom.